The fourth-order valence-corrected chi connectivity index (χ4v) is 7.80. The largest absolute Gasteiger partial charge is 0.0656 e. The minimum absolute atomic E-state index is 0.998. The molecule has 0 bridgehead atoms. The fourth-order valence-electron chi connectivity index (χ4n) is 7.80. The quantitative estimate of drug-likeness (QED) is 0.428. The van der Waals surface area contributed by atoms with Crippen molar-refractivity contribution in [3.63, 3.8) is 0 Å². The smallest absolute Gasteiger partial charge is 0.0326 e. The molecular weight excluding hydrogens is 324 g/mol. The Morgan fingerprint density at radius 1 is 0.630 bits per heavy atom. The number of fused-ring (bicyclic) bond motifs is 3. The highest BCUT2D eigenvalue weighted by Gasteiger charge is 2.55. The SMILES string of the molecule is CC1CCCCC1.CCC.CCC1CCC2C3CC(C)CC(C)C3C(C)C12. The average Bonchev–Trinajstić information content (AvgIpc) is 3.17. The van der Waals surface area contributed by atoms with Crippen LogP contribution in [0.3, 0.4) is 0 Å². The van der Waals surface area contributed by atoms with Crippen LogP contribution >= 0.6 is 0 Å². The Bertz CT molecular complexity index is 391. The van der Waals surface area contributed by atoms with Crippen LogP contribution < -0.4 is 0 Å². The fraction of sp³-hybridized carbons (Fsp3) is 1.00. The van der Waals surface area contributed by atoms with E-state index in [0.29, 0.717) is 0 Å². The van der Waals surface area contributed by atoms with Gasteiger partial charge in [0, 0.05) is 0 Å². The lowest BCUT2D eigenvalue weighted by atomic mass is 9.66. The van der Waals surface area contributed by atoms with Crippen molar-refractivity contribution in [1.82, 2.24) is 0 Å². The van der Waals surface area contributed by atoms with Crippen molar-refractivity contribution < 1.29 is 0 Å². The molecule has 0 spiro atoms. The summed E-state index contributed by atoms with van der Waals surface area (Å²) in [5, 5.41) is 0. The van der Waals surface area contributed by atoms with Crippen molar-refractivity contribution in [2.75, 3.05) is 0 Å². The summed E-state index contributed by atoms with van der Waals surface area (Å²) >= 11 is 0. The molecule has 0 saturated heterocycles. The zero-order valence-electron chi connectivity index (χ0n) is 20.0. The monoisotopic (exact) mass is 376 g/mol. The standard InChI is InChI=1S/C17H30.C7H14.C3H8/c1-5-13-6-7-14-15-9-10(2)8-11(3)16(15)12(4)17(13)14;1-7-5-3-2-4-6-7;1-3-2/h10-17H,5-9H2,1-4H3;7H,2-6H2,1H3;3H2,1-2H3. The van der Waals surface area contributed by atoms with Crippen molar-refractivity contribution in [1.29, 1.82) is 0 Å². The minimum Gasteiger partial charge on any atom is -0.0656 e. The van der Waals surface area contributed by atoms with E-state index in [1.807, 2.05) is 0 Å². The summed E-state index contributed by atoms with van der Waals surface area (Å²) in [7, 11) is 0. The van der Waals surface area contributed by atoms with Crippen LogP contribution in [0.25, 0.3) is 0 Å². The molecular formula is C27H52. The molecule has 0 aliphatic heterocycles. The molecule has 0 aromatic rings. The van der Waals surface area contributed by atoms with E-state index in [9.17, 15) is 0 Å². The van der Waals surface area contributed by atoms with Gasteiger partial charge in [0.05, 0.1) is 0 Å². The molecule has 0 aromatic carbocycles. The van der Waals surface area contributed by atoms with Gasteiger partial charge in [0.1, 0.15) is 0 Å². The third kappa shape index (κ3) is 5.76. The maximum absolute atomic E-state index is 2.60. The number of rotatable bonds is 1. The molecule has 0 nitrogen and oxygen atoms in total. The second-order valence-electron chi connectivity index (χ2n) is 11.1. The Kier molecular flexibility index (Phi) is 9.70. The van der Waals surface area contributed by atoms with Gasteiger partial charge in [-0.15, -0.1) is 0 Å². The van der Waals surface area contributed by atoms with Gasteiger partial charge in [-0.25, -0.2) is 0 Å². The molecule has 0 aromatic heterocycles. The van der Waals surface area contributed by atoms with Crippen LogP contribution in [0.1, 0.15) is 119 Å². The highest BCUT2D eigenvalue weighted by molar-refractivity contribution is 5.04. The van der Waals surface area contributed by atoms with Crippen molar-refractivity contribution in [2.24, 2.45) is 53.3 Å². The Morgan fingerprint density at radius 3 is 1.78 bits per heavy atom. The molecule has 4 fully saturated rings. The van der Waals surface area contributed by atoms with Crippen LogP contribution in [0.15, 0.2) is 0 Å². The molecule has 4 saturated carbocycles. The van der Waals surface area contributed by atoms with Crippen LogP contribution in [0.4, 0.5) is 0 Å². The molecule has 27 heavy (non-hydrogen) atoms. The Labute approximate surface area is 172 Å². The third-order valence-electron chi connectivity index (χ3n) is 8.69. The highest BCUT2D eigenvalue weighted by Crippen LogP contribution is 2.62. The maximum Gasteiger partial charge on any atom is -0.0326 e. The van der Waals surface area contributed by atoms with E-state index in [0.717, 1.165) is 53.3 Å². The highest BCUT2D eigenvalue weighted by atomic mass is 14.6. The first-order valence-corrected chi connectivity index (χ1v) is 12.9. The molecule has 0 heteroatoms. The van der Waals surface area contributed by atoms with Crippen LogP contribution in [0, 0.1) is 53.3 Å². The van der Waals surface area contributed by atoms with Crippen molar-refractivity contribution in [3.05, 3.63) is 0 Å². The van der Waals surface area contributed by atoms with Gasteiger partial charge in [-0.2, -0.15) is 0 Å². The van der Waals surface area contributed by atoms with Gasteiger partial charge in [-0.3, -0.25) is 0 Å². The second-order valence-corrected chi connectivity index (χ2v) is 11.1. The van der Waals surface area contributed by atoms with Gasteiger partial charge in [-0.05, 0) is 78.9 Å². The molecule has 0 amide bonds. The van der Waals surface area contributed by atoms with Crippen molar-refractivity contribution in [2.45, 2.75) is 119 Å². The van der Waals surface area contributed by atoms with Crippen LogP contribution in [0.5, 0.6) is 0 Å². The lowest BCUT2D eigenvalue weighted by molar-refractivity contribution is 0.0999. The zero-order chi connectivity index (χ0) is 20.0. The van der Waals surface area contributed by atoms with Gasteiger partial charge in [0.25, 0.3) is 0 Å². The van der Waals surface area contributed by atoms with Gasteiger partial charge >= 0.3 is 0 Å². The van der Waals surface area contributed by atoms with Crippen molar-refractivity contribution in [3.8, 4) is 0 Å². The van der Waals surface area contributed by atoms with E-state index in [1.54, 1.807) is 19.3 Å². The summed E-state index contributed by atoms with van der Waals surface area (Å²) in [6.07, 6.45) is 16.3. The maximum atomic E-state index is 2.60. The lowest BCUT2D eigenvalue weighted by Crippen LogP contribution is -2.32. The predicted octanol–water partition coefficient (Wildman–Crippen LogP) is 8.99. The Morgan fingerprint density at radius 2 is 1.26 bits per heavy atom. The first-order valence-electron chi connectivity index (χ1n) is 12.9. The number of hydrogen-bond donors (Lipinski definition) is 0. The summed E-state index contributed by atoms with van der Waals surface area (Å²) in [5.41, 5.74) is 0. The topological polar surface area (TPSA) is 0 Å². The molecule has 160 valence electrons. The second kappa shape index (κ2) is 11.3. The first kappa shape index (κ1) is 23.3. The summed E-state index contributed by atoms with van der Waals surface area (Å²) in [6, 6.07) is 0. The van der Waals surface area contributed by atoms with Gasteiger partial charge in [0.2, 0.25) is 0 Å². The summed E-state index contributed by atoms with van der Waals surface area (Å²) < 4.78 is 0. The number of hydrogen-bond acceptors (Lipinski definition) is 0. The molecule has 4 aliphatic carbocycles. The molecule has 4 rings (SSSR count). The van der Waals surface area contributed by atoms with E-state index in [-0.39, 0.29) is 0 Å². The summed E-state index contributed by atoms with van der Waals surface area (Å²) in [5.74, 6) is 9.53. The van der Waals surface area contributed by atoms with E-state index in [2.05, 4.69) is 48.5 Å². The lowest BCUT2D eigenvalue weighted by Gasteiger charge is -2.39. The summed E-state index contributed by atoms with van der Waals surface area (Å²) in [4.78, 5) is 0. The van der Waals surface area contributed by atoms with Crippen molar-refractivity contribution >= 4 is 0 Å². The average molecular weight is 377 g/mol. The van der Waals surface area contributed by atoms with E-state index in [4.69, 9.17) is 0 Å². The minimum atomic E-state index is 0.998. The van der Waals surface area contributed by atoms with Gasteiger partial charge in [0.15, 0.2) is 0 Å². The Balaban J connectivity index is 0.000000218. The molecule has 8 atom stereocenters. The van der Waals surface area contributed by atoms with E-state index < -0.39 is 0 Å². The van der Waals surface area contributed by atoms with Gasteiger partial charge < -0.3 is 0 Å². The molecule has 0 heterocycles. The summed E-state index contributed by atoms with van der Waals surface area (Å²) in [6.45, 7) is 16.7. The molecule has 4 aliphatic rings. The van der Waals surface area contributed by atoms with Crippen LogP contribution in [0.2, 0.25) is 0 Å². The van der Waals surface area contributed by atoms with Crippen LogP contribution in [-0.4, -0.2) is 0 Å². The normalized spacial score (nSPS) is 43.7. The first-order chi connectivity index (χ1) is 12.9. The van der Waals surface area contributed by atoms with E-state index in [1.165, 1.54) is 51.4 Å². The zero-order valence-corrected chi connectivity index (χ0v) is 20.0. The predicted molar refractivity (Wildman–Crippen MR) is 122 cm³/mol. The Hall–Kier alpha value is 0. The van der Waals surface area contributed by atoms with Gasteiger partial charge in [-0.1, -0.05) is 93.4 Å². The molecule has 8 unspecified atom stereocenters. The molecule has 0 N–H and O–H groups in total. The molecule has 0 radical (unpaired) electrons. The van der Waals surface area contributed by atoms with Crippen LogP contribution in [-0.2, 0) is 0 Å². The third-order valence-corrected chi connectivity index (χ3v) is 8.69. The van der Waals surface area contributed by atoms with E-state index >= 15 is 0 Å².